The number of nitrogens with one attached hydrogen (secondary N) is 1. The van der Waals surface area contributed by atoms with E-state index >= 15 is 0 Å². The fourth-order valence-corrected chi connectivity index (χ4v) is 3.60. The van der Waals surface area contributed by atoms with Crippen molar-refractivity contribution in [2.24, 2.45) is 0 Å². The second kappa shape index (κ2) is 8.13. The molecule has 0 saturated heterocycles. The van der Waals surface area contributed by atoms with Crippen LogP contribution in [0.4, 0.5) is 0 Å². The molecule has 2 rings (SSSR count). The molecule has 5 heteroatoms. The molecule has 1 amide bonds. The van der Waals surface area contributed by atoms with E-state index in [0.29, 0.717) is 18.0 Å². The number of amides is 1. The maximum absolute atomic E-state index is 12.4. The molecule has 23 heavy (non-hydrogen) atoms. The van der Waals surface area contributed by atoms with Gasteiger partial charge in [-0.2, -0.15) is 0 Å². The first-order chi connectivity index (χ1) is 10.9. The zero-order valence-corrected chi connectivity index (χ0v) is 14.8. The van der Waals surface area contributed by atoms with Gasteiger partial charge < -0.3 is 15.3 Å². The number of rotatable bonds is 7. The molecule has 1 atom stereocenters. The molecule has 1 saturated carbocycles. The molecule has 0 aliphatic heterocycles. The number of aliphatic hydroxyl groups is 1. The number of hydrogen-bond acceptors (Lipinski definition) is 3. The molecule has 0 radical (unpaired) electrons. The van der Waals surface area contributed by atoms with Crippen molar-refractivity contribution < 1.29 is 9.90 Å². The first-order valence-electron chi connectivity index (χ1n) is 8.31. The molecule has 1 unspecified atom stereocenters. The molecular formula is C18H27ClN2O2. The van der Waals surface area contributed by atoms with Gasteiger partial charge in [-0.1, -0.05) is 36.6 Å². The Hall–Kier alpha value is -1.10. The van der Waals surface area contributed by atoms with Crippen molar-refractivity contribution >= 4 is 17.5 Å². The summed E-state index contributed by atoms with van der Waals surface area (Å²) in [4.78, 5) is 14.1. The molecule has 4 nitrogen and oxygen atoms in total. The van der Waals surface area contributed by atoms with E-state index in [-0.39, 0.29) is 24.1 Å². The summed E-state index contributed by atoms with van der Waals surface area (Å²) in [6.45, 7) is 2.71. The van der Waals surface area contributed by atoms with Gasteiger partial charge in [0.25, 0.3) is 0 Å². The first-order valence-corrected chi connectivity index (χ1v) is 8.69. The van der Waals surface area contributed by atoms with Crippen LogP contribution in [0.3, 0.4) is 0 Å². The molecule has 1 aromatic carbocycles. The Morgan fingerprint density at radius 2 is 2.13 bits per heavy atom. The van der Waals surface area contributed by atoms with Crippen LogP contribution in [0.1, 0.15) is 44.6 Å². The van der Waals surface area contributed by atoms with Crippen LogP contribution in [0.25, 0.3) is 0 Å². The lowest BCUT2D eigenvalue weighted by molar-refractivity contribution is -0.131. The van der Waals surface area contributed by atoms with Crippen molar-refractivity contribution in [1.82, 2.24) is 10.2 Å². The Morgan fingerprint density at radius 1 is 1.43 bits per heavy atom. The summed E-state index contributed by atoms with van der Waals surface area (Å²) in [7, 11) is 1.81. The maximum Gasteiger partial charge on any atom is 0.224 e. The van der Waals surface area contributed by atoms with Crippen LogP contribution in [0.5, 0.6) is 0 Å². The predicted octanol–water partition coefficient (Wildman–Crippen LogP) is 2.97. The van der Waals surface area contributed by atoms with Crippen LogP contribution in [-0.4, -0.2) is 41.1 Å². The summed E-state index contributed by atoms with van der Waals surface area (Å²) >= 11 is 5.98. The lowest BCUT2D eigenvalue weighted by Crippen LogP contribution is -2.51. The lowest BCUT2D eigenvalue weighted by Gasteiger charge is -2.32. The lowest BCUT2D eigenvalue weighted by atomic mass is 9.97. The normalized spacial score (nSPS) is 17.9. The highest BCUT2D eigenvalue weighted by Gasteiger charge is 2.34. The van der Waals surface area contributed by atoms with Crippen LogP contribution < -0.4 is 5.32 Å². The summed E-state index contributed by atoms with van der Waals surface area (Å²) in [5, 5.41) is 13.8. The van der Waals surface area contributed by atoms with E-state index < -0.39 is 0 Å². The van der Waals surface area contributed by atoms with Crippen molar-refractivity contribution in [2.75, 3.05) is 13.7 Å². The molecular weight excluding hydrogens is 312 g/mol. The van der Waals surface area contributed by atoms with Crippen molar-refractivity contribution in [3.05, 3.63) is 34.9 Å². The van der Waals surface area contributed by atoms with E-state index in [4.69, 9.17) is 11.6 Å². The van der Waals surface area contributed by atoms with Crippen molar-refractivity contribution in [3.63, 3.8) is 0 Å². The average Bonchev–Trinajstić information content (AvgIpc) is 2.96. The van der Waals surface area contributed by atoms with Crippen LogP contribution in [0, 0.1) is 0 Å². The summed E-state index contributed by atoms with van der Waals surface area (Å²) in [5.74, 6) is 0.0936. The maximum atomic E-state index is 12.4. The summed E-state index contributed by atoms with van der Waals surface area (Å²) in [6.07, 6.45) is 4.69. The van der Waals surface area contributed by atoms with Crippen molar-refractivity contribution in [3.8, 4) is 0 Å². The minimum Gasteiger partial charge on any atom is -0.394 e. The van der Waals surface area contributed by atoms with E-state index in [0.717, 1.165) is 31.2 Å². The monoisotopic (exact) mass is 338 g/mol. The van der Waals surface area contributed by atoms with Gasteiger partial charge in [-0.05, 0) is 37.5 Å². The number of carbonyl (C=O) groups excluding carboxylic acids is 1. The second-order valence-electron chi connectivity index (χ2n) is 6.77. The Kier molecular flexibility index (Phi) is 6.45. The van der Waals surface area contributed by atoms with Gasteiger partial charge >= 0.3 is 0 Å². The molecule has 0 heterocycles. The van der Waals surface area contributed by atoms with Gasteiger partial charge in [0.2, 0.25) is 5.91 Å². The Labute approximate surface area is 143 Å². The number of halogens is 1. The summed E-state index contributed by atoms with van der Waals surface area (Å²) in [6, 6.07) is 7.62. The van der Waals surface area contributed by atoms with Crippen LogP contribution in [-0.2, 0) is 11.3 Å². The van der Waals surface area contributed by atoms with Gasteiger partial charge in [0, 0.05) is 36.6 Å². The molecule has 0 bridgehead atoms. The minimum absolute atomic E-state index is 0.0505. The van der Waals surface area contributed by atoms with Gasteiger partial charge in [-0.3, -0.25) is 4.79 Å². The number of carbonyl (C=O) groups is 1. The van der Waals surface area contributed by atoms with E-state index in [2.05, 4.69) is 5.32 Å². The molecule has 1 aromatic rings. The van der Waals surface area contributed by atoms with Crippen LogP contribution in [0.2, 0.25) is 5.02 Å². The van der Waals surface area contributed by atoms with Gasteiger partial charge in [0.05, 0.1) is 6.61 Å². The van der Waals surface area contributed by atoms with Crippen LogP contribution in [0.15, 0.2) is 24.3 Å². The van der Waals surface area contributed by atoms with E-state index in [1.54, 1.807) is 4.90 Å². The molecule has 1 fully saturated rings. The standard InChI is InChI=1S/C18H27ClN2O2/c1-14(20-18(13-22)8-3-4-9-18)10-17(23)21(2)12-15-6-5-7-16(19)11-15/h5-7,11,14,20,22H,3-4,8-10,12-13H2,1-2H3. The third-order valence-electron chi connectivity index (χ3n) is 4.63. The van der Waals surface area contributed by atoms with Gasteiger partial charge in [-0.15, -0.1) is 0 Å². The Bertz CT molecular complexity index is 530. The van der Waals surface area contributed by atoms with Crippen molar-refractivity contribution in [2.45, 2.75) is 57.2 Å². The van der Waals surface area contributed by atoms with Gasteiger partial charge in [0.15, 0.2) is 0 Å². The number of benzene rings is 1. The van der Waals surface area contributed by atoms with Gasteiger partial charge in [-0.25, -0.2) is 0 Å². The van der Waals surface area contributed by atoms with E-state index in [1.807, 2.05) is 38.2 Å². The third kappa shape index (κ3) is 5.20. The smallest absolute Gasteiger partial charge is 0.224 e. The topological polar surface area (TPSA) is 52.6 Å². The molecule has 2 N–H and O–H groups in total. The zero-order chi connectivity index (χ0) is 16.9. The summed E-state index contributed by atoms with van der Waals surface area (Å²) < 4.78 is 0. The number of hydrogen-bond donors (Lipinski definition) is 2. The SMILES string of the molecule is CC(CC(=O)N(C)Cc1cccc(Cl)c1)NC1(CO)CCCC1. The van der Waals surface area contributed by atoms with E-state index in [1.165, 1.54) is 0 Å². The fraction of sp³-hybridized carbons (Fsp3) is 0.611. The Balaban J connectivity index is 1.85. The van der Waals surface area contributed by atoms with Crippen molar-refractivity contribution in [1.29, 1.82) is 0 Å². The highest BCUT2D eigenvalue weighted by Crippen LogP contribution is 2.29. The van der Waals surface area contributed by atoms with Crippen LogP contribution >= 0.6 is 11.6 Å². The minimum atomic E-state index is -0.189. The summed E-state index contributed by atoms with van der Waals surface area (Å²) in [5.41, 5.74) is 0.835. The second-order valence-corrected chi connectivity index (χ2v) is 7.21. The molecule has 128 valence electrons. The number of aliphatic hydroxyl groups excluding tert-OH is 1. The molecule has 0 aromatic heterocycles. The average molecular weight is 339 g/mol. The quantitative estimate of drug-likeness (QED) is 0.803. The highest BCUT2D eigenvalue weighted by atomic mass is 35.5. The third-order valence-corrected chi connectivity index (χ3v) is 4.87. The van der Waals surface area contributed by atoms with E-state index in [9.17, 15) is 9.90 Å². The van der Waals surface area contributed by atoms with Gasteiger partial charge in [0.1, 0.15) is 0 Å². The fourth-order valence-electron chi connectivity index (χ4n) is 3.39. The number of nitrogens with zero attached hydrogens (tertiary/aromatic N) is 1. The molecule has 0 spiro atoms. The zero-order valence-electron chi connectivity index (χ0n) is 14.0. The predicted molar refractivity (Wildman–Crippen MR) is 93.4 cm³/mol. The largest absolute Gasteiger partial charge is 0.394 e. The molecule has 1 aliphatic carbocycles. The molecule has 1 aliphatic rings. The first kappa shape index (κ1) is 18.2. The highest BCUT2D eigenvalue weighted by molar-refractivity contribution is 6.30. The Morgan fingerprint density at radius 3 is 2.74 bits per heavy atom.